The van der Waals surface area contributed by atoms with Crippen molar-refractivity contribution in [1.82, 2.24) is 9.45 Å². The number of sulfonamides is 1. The van der Waals surface area contributed by atoms with Crippen molar-refractivity contribution in [2.75, 3.05) is 41.0 Å². The molecule has 1 aliphatic rings. The molecular weight excluding hydrogens is 442 g/mol. The first-order valence-electron chi connectivity index (χ1n) is 9.25. The second kappa shape index (κ2) is 22.7. The van der Waals surface area contributed by atoms with Crippen LogP contribution in [0.15, 0.2) is 28.3 Å². The summed E-state index contributed by atoms with van der Waals surface area (Å²) in [5.74, 6) is 5.89. The van der Waals surface area contributed by atoms with E-state index in [4.69, 9.17) is 14.4 Å². The Bertz CT molecular complexity index is 728. The monoisotopic (exact) mass is 477 g/mol. The summed E-state index contributed by atoms with van der Waals surface area (Å²) in [6.45, 7) is 10.3. The van der Waals surface area contributed by atoms with E-state index in [2.05, 4.69) is 39.2 Å². The van der Waals surface area contributed by atoms with Crippen LogP contribution in [0.4, 0.5) is 0 Å². The number of thiol groups is 1. The molecule has 178 valence electrons. The second-order valence-corrected chi connectivity index (χ2v) is 7.42. The summed E-state index contributed by atoms with van der Waals surface area (Å²) in [6, 6.07) is 2.91. The van der Waals surface area contributed by atoms with Crippen molar-refractivity contribution >= 4 is 35.7 Å². The third-order valence-electron chi connectivity index (χ3n) is 2.76. The van der Waals surface area contributed by atoms with Gasteiger partial charge in [0, 0.05) is 26.5 Å². The highest BCUT2D eigenvalue weighted by molar-refractivity contribution is 7.89. The van der Waals surface area contributed by atoms with Crippen LogP contribution in [0.3, 0.4) is 0 Å². The van der Waals surface area contributed by atoms with E-state index in [9.17, 15) is 8.42 Å². The molecule has 0 aliphatic carbocycles. The van der Waals surface area contributed by atoms with E-state index in [0.717, 1.165) is 4.47 Å². The highest BCUT2D eigenvalue weighted by Crippen LogP contribution is 2.21. The molecule has 11 heteroatoms. The fourth-order valence-corrected chi connectivity index (χ4v) is 3.05. The van der Waals surface area contributed by atoms with Gasteiger partial charge in [0.05, 0.1) is 19.3 Å². The van der Waals surface area contributed by atoms with Gasteiger partial charge in [-0.25, -0.2) is 13.4 Å². The van der Waals surface area contributed by atoms with Crippen LogP contribution in [0.5, 0.6) is 5.75 Å². The zero-order valence-corrected chi connectivity index (χ0v) is 21.1. The maximum atomic E-state index is 12.2. The predicted octanol–water partition coefficient (Wildman–Crippen LogP) is 2.53. The van der Waals surface area contributed by atoms with Crippen molar-refractivity contribution in [1.29, 1.82) is 0 Å². The average Bonchev–Trinajstić information content (AvgIpc) is 3.25. The first kappa shape index (κ1) is 33.7. The molecule has 1 unspecified atom stereocenters. The molecule has 1 aromatic rings. The Morgan fingerprint density at radius 3 is 2.29 bits per heavy atom. The molecule has 0 spiro atoms. The number of aliphatic imine (C=N–C) groups is 1. The van der Waals surface area contributed by atoms with Gasteiger partial charge in [0.25, 0.3) is 10.0 Å². The van der Waals surface area contributed by atoms with E-state index in [1.807, 2.05) is 27.6 Å². The number of pyridine rings is 1. The van der Waals surface area contributed by atoms with Crippen molar-refractivity contribution in [3.05, 3.63) is 18.3 Å². The van der Waals surface area contributed by atoms with Crippen LogP contribution in [-0.4, -0.2) is 77.1 Å². The van der Waals surface area contributed by atoms with E-state index in [1.165, 1.54) is 18.3 Å². The molecular formula is C20H35N3O6S2. The van der Waals surface area contributed by atoms with Gasteiger partial charge < -0.3 is 19.3 Å². The summed E-state index contributed by atoms with van der Waals surface area (Å²) < 4.78 is 34.8. The Balaban J connectivity index is -0.000000605. The standard InChI is InChI=1S/C12H14N2O4S2.C3H7N.C2H6O.C2H6.CH2O/c1-2-3-6-17-10-4-5-12(13-7-10)20(15,16)14-8-11(19)9-18-14;1-3-4-2;1-3-2;2*1-2/h4-5,7,11,19H,6,8-9H2,1H3;3H,1-2H3;1-2H3;1-2H3;1H2. The molecule has 0 aromatic carbocycles. The minimum atomic E-state index is -3.75. The minimum Gasteiger partial charge on any atom is -0.479 e. The number of ether oxygens (including phenoxy) is 2. The molecule has 1 atom stereocenters. The molecule has 0 bridgehead atoms. The summed E-state index contributed by atoms with van der Waals surface area (Å²) in [5, 5.41) is -0.214. The summed E-state index contributed by atoms with van der Waals surface area (Å²) in [4.78, 5) is 20.6. The van der Waals surface area contributed by atoms with Crippen LogP contribution in [0, 0.1) is 11.8 Å². The Morgan fingerprint density at radius 2 is 1.94 bits per heavy atom. The molecule has 0 N–H and O–H groups in total. The molecule has 2 heterocycles. The Hall–Kier alpha value is -1.97. The van der Waals surface area contributed by atoms with Crippen molar-refractivity contribution in [2.45, 2.75) is 38.0 Å². The van der Waals surface area contributed by atoms with Crippen molar-refractivity contribution in [3.8, 4) is 17.6 Å². The zero-order chi connectivity index (χ0) is 24.7. The molecule has 1 aromatic heterocycles. The summed E-state index contributed by atoms with van der Waals surface area (Å²) in [5.41, 5.74) is 0. The third-order valence-corrected chi connectivity index (χ3v) is 4.63. The molecule has 0 saturated carbocycles. The van der Waals surface area contributed by atoms with Gasteiger partial charge >= 0.3 is 0 Å². The number of hydrogen-bond acceptors (Lipinski definition) is 9. The molecule has 0 radical (unpaired) electrons. The topological polar surface area (TPSA) is 107 Å². The SMILES string of the molecule is C=O.CC.CC#CCOc1ccc(S(=O)(=O)N2CC(S)CO2)nc1.CC=NC.COC. The molecule has 9 nitrogen and oxygen atoms in total. The molecule has 1 fully saturated rings. The van der Waals surface area contributed by atoms with E-state index >= 15 is 0 Å². The number of rotatable bonds is 4. The molecule has 2 rings (SSSR count). The number of carbonyl (C=O) groups excluding carboxylic acids is 1. The highest BCUT2D eigenvalue weighted by Gasteiger charge is 2.33. The van der Waals surface area contributed by atoms with Crippen LogP contribution in [0.25, 0.3) is 0 Å². The summed E-state index contributed by atoms with van der Waals surface area (Å²) in [6.07, 6.45) is 3.10. The zero-order valence-electron chi connectivity index (χ0n) is 19.4. The first-order valence-corrected chi connectivity index (χ1v) is 11.2. The van der Waals surface area contributed by atoms with E-state index in [-0.39, 0.29) is 30.0 Å². The van der Waals surface area contributed by atoms with Crippen molar-refractivity contribution < 1.29 is 27.5 Å². The van der Waals surface area contributed by atoms with Crippen LogP contribution in [0.2, 0.25) is 0 Å². The fourth-order valence-electron chi connectivity index (χ4n) is 1.51. The van der Waals surface area contributed by atoms with Crippen molar-refractivity contribution in [2.24, 2.45) is 4.99 Å². The Labute approximate surface area is 192 Å². The summed E-state index contributed by atoms with van der Waals surface area (Å²) in [7, 11) is 1.25. The van der Waals surface area contributed by atoms with Gasteiger partial charge in [0.2, 0.25) is 0 Å². The number of hydroxylamine groups is 1. The van der Waals surface area contributed by atoms with E-state index in [0.29, 0.717) is 5.75 Å². The van der Waals surface area contributed by atoms with E-state index < -0.39 is 10.0 Å². The lowest BCUT2D eigenvalue weighted by atomic mass is 10.5. The van der Waals surface area contributed by atoms with Gasteiger partial charge in [-0.05, 0) is 32.2 Å². The minimum absolute atomic E-state index is 0.0890. The predicted molar refractivity (Wildman–Crippen MR) is 127 cm³/mol. The van der Waals surface area contributed by atoms with Gasteiger partial charge in [-0.2, -0.15) is 12.6 Å². The average molecular weight is 478 g/mol. The maximum absolute atomic E-state index is 12.2. The molecule has 1 aliphatic heterocycles. The normalized spacial score (nSPS) is 14.6. The first-order chi connectivity index (χ1) is 14.9. The smallest absolute Gasteiger partial charge is 0.282 e. The van der Waals surface area contributed by atoms with Gasteiger partial charge in [-0.15, -0.1) is 5.92 Å². The quantitative estimate of drug-likeness (QED) is 0.403. The maximum Gasteiger partial charge on any atom is 0.282 e. The third kappa shape index (κ3) is 15.5. The number of aromatic nitrogens is 1. The van der Waals surface area contributed by atoms with Crippen molar-refractivity contribution in [3.63, 3.8) is 0 Å². The van der Waals surface area contributed by atoms with Crippen LogP contribution >= 0.6 is 12.6 Å². The molecule has 0 amide bonds. The van der Waals surface area contributed by atoms with Crippen LogP contribution < -0.4 is 4.74 Å². The lowest BCUT2D eigenvalue weighted by Gasteiger charge is -2.13. The fraction of sp³-hybridized carbons (Fsp3) is 0.550. The van der Waals surface area contributed by atoms with Gasteiger partial charge in [0.1, 0.15) is 19.1 Å². The second-order valence-electron chi connectivity index (χ2n) is 4.91. The number of nitrogens with zero attached hydrogens (tertiary/aromatic N) is 3. The summed E-state index contributed by atoms with van der Waals surface area (Å²) >= 11 is 4.18. The number of hydrogen-bond donors (Lipinski definition) is 1. The van der Waals surface area contributed by atoms with Crippen LogP contribution in [0.1, 0.15) is 27.7 Å². The van der Waals surface area contributed by atoms with E-state index in [1.54, 1.807) is 34.4 Å². The van der Waals surface area contributed by atoms with Crippen LogP contribution in [-0.2, 0) is 24.4 Å². The Kier molecular flexibility index (Phi) is 24.7. The van der Waals surface area contributed by atoms with Gasteiger partial charge in [-0.3, -0.25) is 4.84 Å². The molecule has 31 heavy (non-hydrogen) atoms. The number of carbonyl (C=O) groups is 1. The highest BCUT2D eigenvalue weighted by atomic mass is 32.2. The Morgan fingerprint density at radius 1 is 1.39 bits per heavy atom. The lowest BCUT2D eigenvalue weighted by molar-refractivity contribution is -0.0980. The van der Waals surface area contributed by atoms with Gasteiger partial charge in [-0.1, -0.05) is 24.2 Å². The van der Waals surface area contributed by atoms with Gasteiger partial charge in [0.15, 0.2) is 5.03 Å². The largest absolute Gasteiger partial charge is 0.479 e. The lowest BCUT2D eigenvalue weighted by Crippen LogP contribution is -2.28. The number of methoxy groups -OCH3 is 1. The molecule has 1 saturated heterocycles.